The van der Waals surface area contributed by atoms with Crippen molar-refractivity contribution in [3.05, 3.63) is 81.9 Å². The zero-order valence-electron chi connectivity index (χ0n) is 16.6. The van der Waals surface area contributed by atoms with Crippen LogP contribution in [0.1, 0.15) is 36.8 Å². The number of aliphatic hydroxyl groups is 1. The second-order valence-corrected chi connectivity index (χ2v) is 9.30. The van der Waals surface area contributed by atoms with Crippen molar-refractivity contribution in [2.45, 2.75) is 42.8 Å². The van der Waals surface area contributed by atoms with Gasteiger partial charge in [-0.1, -0.05) is 67.0 Å². The molecular weight excluding hydrogens is 437 g/mol. The van der Waals surface area contributed by atoms with Crippen LogP contribution in [0.3, 0.4) is 0 Å². The third kappa shape index (κ3) is 4.49. The standard InChI is InChI=1S/C23H21Cl2N3OS/c1-14(2)22-23(30-19-9-17(24)8-18(25)10-19)28(21(13-29)27-22)12-15-7-16-5-3-4-6-20(16)26-11-15/h3-11,14,29H,12-13H2,1-2H3. The highest BCUT2D eigenvalue weighted by Gasteiger charge is 2.21. The summed E-state index contributed by atoms with van der Waals surface area (Å²) in [4.78, 5) is 10.2. The molecule has 2 aromatic heterocycles. The maximum atomic E-state index is 9.99. The molecule has 0 amide bonds. The largest absolute Gasteiger partial charge is 0.388 e. The Morgan fingerprint density at radius 2 is 1.80 bits per heavy atom. The van der Waals surface area contributed by atoms with Crippen molar-refractivity contribution < 1.29 is 5.11 Å². The molecule has 0 aliphatic carbocycles. The summed E-state index contributed by atoms with van der Waals surface area (Å²) < 4.78 is 2.06. The van der Waals surface area contributed by atoms with E-state index in [1.54, 1.807) is 17.8 Å². The lowest BCUT2D eigenvalue weighted by atomic mass is 10.1. The number of aliphatic hydroxyl groups excluding tert-OH is 1. The predicted molar refractivity (Wildman–Crippen MR) is 124 cm³/mol. The lowest BCUT2D eigenvalue weighted by molar-refractivity contribution is 0.265. The summed E-state index contributed by atoms with van der Waals surface area (Å²) in [5.41, 5.74) is 2.94. The fourth-order valence-electron chi connectivity index (χ4n) is 3.35. The van der Waals surface area contributed by atoms with Crippen molar-refractivity contribution in [2.75, 3.05) is 0 Å². The first-order valence-electron chi connectivity index (χ1n) is 9.62. The molecule has 0 spiro atoms. The van der Waals surface area contributed by atoms with E-state index in [-0.39, 0.29) is 12.5 Å². The summed E-state index contributed by atoms with van der Waals surface area (Å²) in [6.07, 6.45) is 1.88. The van der Waals surface area contributed by atoms with Gasteiger partial charge in [0.1, 0.15) is 17.5 Å². The van der Waals surface area contributed by atoms with Crippen LogP contribution in [0.25, 0.3) is 10.9 Å². The van der Waals surface area contributed by atoms with Gasteiger partial charge in [0.25, 0.3) is 0 Å². The number of rotatable bonds is 6. The number of benzene rings is 2. The average Bonchev–Trinajstić information content (AvgIpc) is 3.04. The normalized spacial score (nSPS) is 11.5. The highest BCUT2D eigenvalue weighted by atomic mass is 35.5. The van der Waals surface area contributed by atoms with E-state index in [0.717, 1.165) is 32.1 Å². The number of halogens is 2. The minimum absolute atomic E-state index is 0.141. The molecule has 0 aliphatic rings. The van der Waals surface area contributed by atoms with E-state index in [9.17, 15) is 5.11 Å². The first-order valence-corrected chi connectivity index (χ1v) is 11.2. The van der Waals surface area contributed by atoms with Crippen LogP contribution in [0.4, 0.5) is 0 Å². The molecule has 0 fully saturated rings. The van der Waals surface area contributed by atoms with Crippen LogP contribution < -0.4 is 0 Å². The Morgan fingerprint density at radius 3 is 2.50 bits per heavy atom. The van der Waals surface area contributed by atoms with Crippen LogP contribution in [0.15, 0.2) is 64.6 Å². The van der Waals surface area contributed by atoms with E-state index < -0.39 is 0 Å². The van der Waals surface area contributed by atoms with E-state index in [4.69, 9.17) is 28.2 Å². The average molecular weight is 458 g/mol. The predicted octanol–water partition coefficient (Wildman–Crippen LogP) is 6.55. The minimum atomic E-state index is -0.141. The molecule has 2 aromatic carbocycles. The first-order chi connectivity index (χ1) is 14.4. The molecule has 4 nitrogen and oxygen atoms in total. The summed E-state index contributed by atoms with van der Waals surface area (Å²) in [5.74, 6) is 0.825. The van der Waals surface area contributed by atoms with Gasteiger partial charge >= 0.3 is 0 Å². The molecule has 0 radical (unpaired) electrons. The monoisotopic (exact) mass is 457 g/mol. The molecule has 0 bridgehead atoms. The molecule has 7 heteroatoms. The second-order valence-electron chi connectivity index (χ2n) is 7.36. The van der Waals surface area contributed by atoms with Gasteiger partial charge in [-0.05, 0) is 41.8 Å². The van der Waals surface area contributed by atoms with E-state index in [1.807, 2.05) is 36.5 Å². The zero-order valence-corrected chi connectivity index (χ0v) is 19.0. The van der Waals surface area contributed by atoms with Gasteiger partial charge in [-0.15, -0.1) is 0 Å². The Labute approximate surface area is 189 Å². The molecule has 0 unspecified atom stereocenters. The lowest BCUT2D eigenvalue weighted by Gasteiger charge is -2.14. The molecule has 30 heavy (non-hydrogen) atoms. The Morgan fingerprint density at radius 1 is 1.07 bits per heavy atom. The van der Waals surface area contributed by atoms with E-state index in [1.165, 1.54) is 0 Å². The highest BCUT2D eigenvalue weighted by molar-refractivity contribution is 7.99. The van der Waals surface area contributed by atoms with Crippen LogP contribution in [0, 0.1) is 0 Å². The zero-order chi connectivity index (χ0) is 21.3. The van der Waals surface area contributed by atoms with Gasteiger partial charge in [0, 0.05) is 26.5 Å². The van der Waals surface area contributed by atoms with Gasteiger partial charge in [-0.2, -0.15) is 0 Å². The third-order valence-electron chi connectivity index (χ3n) is 4.75. The number of para-hydroxylation sites is 1. The second kappa shape index (κ2) is 8.98. The molecule has 2 heterocycles. The Bertz CT molecular complexity index is 1190. The maximum absolute atomic E-state index is 9.99. The molecule has 4 rings (SSSR count). The maximum Gasteiger partial charge on any atom is 0.136 e. The van der Waals surface area contributed by atoms with Gasteiger partial charge in [-0.25, -0.2) is 4.98 Å². The molecule has 0 atom stereocenters. The molecule has 1 N–H and O–H groups in total. The van der Waals surface area contributed by atoms with Crippen LogP contribution in [-0.4, -0.2) is 19.6 Å². The van der Waals surface area contributed by atoms with Crippen molar-refractivity contribution >= 4 is 45.9 Å². The summed E-state index contributed by atoms with van der Waals surface area (Å²) in [6, 6.07) is 15.6. The van der Waals surface area contributed by atoms with Crippen molar-refractivity contribution in [2.24, 2.45) is 0 Å². The van der Waals surface area contributed by atoms with Crippen molar-refractivity contribution in [3.63, 3.8) is 0 Å². The third-order valence-corrected chi connectivity index (χ3v) is 6.28. The SMILES string of the molecule is CC(C)c1nc(CO)n(Cc2cnc3ccccc3c2)c1Sc1cc(Cl)cc(Cl)c1. The van der Waals surface area contributed by atoms with Crippen molar-refractivity contribution in [3.8, 4) is 0 Å². The van der Waals surface area contributed by atoms with Crippen LogP contribution in [-0.2, 0) is 13.2 Å². The molecule has 0 saturated carbocycles. The van der Waals surface area contributed by atoms with Gasteiger partial charge in [-0.3, -0.25) is 4.98 Å². The van der Waals surface area contributed by atoms with Crippen molar-refractivity contribution in [1.29, 1.82) is 0 Å². The first kappa shape index (κ1) is 21.2. The fourth-order valence-corrected chi connectivity index (χ4v) is 5.27. The van der Waals surface area contributed by atoms with Gasteiger partial charge < -0.3 is 9.67 Å². The number of fused-ring (bicyclic) bond motifs is 1. The van der Waals surface area contributed by atoms with E-state index in [2.05, 4.69) is 35.5 Å². The summed E-state index contributed by atoms with van der Waals surface area (Å²) in [7, 11) is 0. The molecular formula is C23H21Cl2N3OS. The van der Waals surface area contributed by atoms with Crippen LogP contribution in [0.5, 0.6) is 0 Å². The number of pyridine rings is 1. The molecule has 0 aliphatic heterocycles. The van der Waals surface area contributed by atoms with E-state index >= 15 is 0 Å². The Hall–Kier alpha value is -2.05. The van der Waals surface area contributed by atoms with Gasteiger partial charge in [0.15, 0.2) is 0 Å². The van der Waals surface area contributed by atoms with E-state index in [0.29, 0.717) is 22.4 Å². The summed E-state index contributed by atoms with van der Waals surface area (Å²) in [6.45, 7) is 4.61. The van der Waals surface area contributed by atoms with Crippen LogP contribution >= 0.6 is 35.0 Å². The topological polar surface area (TPSA) is 50.9 Å². The van der Waals surface area contributed by atoms with Gasteiger partial charge in [0.05, 0.1) is 17.8 Å². The van der Waals surface area contributed by atoms with Crippen molar-refractivity contribution in [1.82, 2.24) is 14.5 Å². The number of hydrogen-bond donors (Lipinski definition) is 1. The van der Waals surface area contributed by atoms with Crippen LogP contribution in [0.2, 0.25) is 10.0 Å². The molecule has 4 aromatic rings. The smallest absolute Gasteiger partial charge is 0.136 e. The summed E-state index contributed by atoms with van der Waals surface area (Å²) in [5, 5.41) is 13.2. The lowest BCUT2D eigenvalue weighted by Crippen LogP contribution is -2.07. The van der Waals surface area contributed by atoms with Gasteiger partial charge in [0.2, 0.25) is 0 Å². The highest BCUT2D eigenvalue weighted by Crippen LogP contribution is 2.37. The minimum Gasteiger partial charge on any atom is -0.388 e. The molecule has 0 saturated heterocycles. The Balaban J connectivity index is 1.78. The number of hydrogen-bond acceptors (Lipinski definition) is 4. The number of nitrogens with zero attached hydrogens (tertiary/aromatic N) is 3. The number of aromatic nitrogens is 3. The quantitative estimate of drug-likeness (QED) is 0.356. The number of imidazole rings is 1. The Kier molecular flexibility index (Phi) is 6.34. The fraction of sp³-hybridized carbons (Fsp3) is 0.217. The molecule has 154 valence electrons. The summed E-state index contributed by atoms with van der Waals surface area (Å²) >= 11 is 14.0.